The van der Waals surface area contributed by atoms with E-state index in [9.17, 15) is 10.2 Å². The summed E-state index contributed by atoms with van der Waals surface area (Å²) in [7, 11) is 0. The van der Waals surface area contributed by atoms with Crippen LogP contribution in [0, 0.1) is 5.92 Å². The molecule has 0 atom stereocenters. The first kappa shape index (κ1) is 41.1. The third-order valence-corrected chi connectivity index (χ3v) is 8.89. The van der Waals surface area contributed by atoms with Gasteiger partial charge in [-0.3, -0.25) is 0 Å². The lowest BCUT2D eigenvalue weighted by Crippen LogP contribution is -2.18. The molecule has 0 spiro atoms. The number of unbranched alkanes of at least 4 members (excludes halogenated alkanes) is 6. The predicted molar refractivity (Wildman–Crippen MR) is 200 cm³/mol. The Bertz CT molecular complexity index is 1090. The summed E-state index contributed by atoms with van der Waals surface area (Å²) in [5.74, 6) is 1.78. The van der Waals surface area contributed by atoms with Crippen molar-refractivity contribution >= 4 is 0 Å². The highest BCUT2D eigenvalue weighted by molar-refractivity contribution is 5.51. The largest absolute Gasteiger partial charge is 0.507 e. The van der Waals surface area contributed by atoms with E-state index in [2.05, 4.69) is 128 Å². The average Bonchev–Trinajstić information content (AvgIpc) is 2.87. The molecule has 2 N–H and O–H groups in total. The Morgan fingerprint density at radius 3 is 1.04 bits per heavy atom. The third-order valence-electron chi connectivity index (χ3n) is 8.89. The molecule has 0 unspecified atom stereocenters. The van der Waals surface area contributed by atoms with E-state index in [1.807, 2.05) is 0 Å². The normalized spacial score (nSPS) is 12.8. The molecule has 45 heavy (non-hydrogen) atoms. The van der Waals surface area contributed by atoms with Crippen molar-refractivity contribution in [3.8, 4) is 11.5 Å². The highest BCUT2D eigenvalue weighted by Gasteiger charge is 2.27. The monoisotopic (exact) mass is 623 g/mol. The molecule has 0 saturated carbocycles. The van der Waals surface area contributed by atoms with Crippen LogP contribution in [0.4, 0.5) is 0 Å². The molecule has 0 aliphatic heterocycles. The van der Waals surface area contributed by atoms with Gasteiger partial charge in [-0.25, -0.2) is 0 Å². The summed E-state index contributed by atoms with van der Waals surface area (Å²) >= 11 is 0. The maximum absolute atomic E-state index is 10.8. The van der Waals surface area contributed by atoms with Crippen molar-refractivity contribution in [1.29, 1.82) is 0 Å². The van der Waals surface area contributed by atoms with Gasteiger partial charge in [0, 0.05) is 0 Å². The molecule has 0 aliphatic carbocycles. The summed E-state index contributed by atoms with van der Waals surface area (Å²) in [5, 5.41) is 21.5. The Morgan fingerprint density at radius 1 is 0.467 bits per heavy atom. The van der Waals surface area contributed by atoms with Crippen molar-refractivity contribution in [3.63, 3.8) is 0 Å². The number of hydrogen-bond acceptors (Lipinski definition) is 2. The van der Waals surface area contributed by atoms with Crippen LogP contribution in [0.3, 0.4) is 0 Å². The van der Waals surface area contributed by atoms with Crippen molar-refractivity contribution < 1.29 is 10.2 Å². The topological polar surface area (TPSA) is 40.5 Å². The van der Waals surface area contributed by atoms with Crippen molar-refractivity contribution in [2.45, 2.75) is 196 Å². The van der Waals surface area contributed by atoms with Gasteiger partial charge in [0.2, 0.25) is 0 Å². The van der Waals surface area contributed by atoms with Gasteiger partial charge in [0.15, 0.2) is 0 Å². The zero-order chi connectivity index (χ0) is 34.8. The van der Waals surface area contributed by atoms with E-state index in [0.717, 1.165) is 41.0 Å². The van der Waals surface area contributed by atoms with E-state index in [4.69, 9.17) is 0 Å². The second kappa shape index (κ2) is 17.3. The van der Waals surface area contributed by atoms with Crippen LogP contribution in [0.5, 0.6) is 11.5 Å². The molecule has 0 radical (unpaired) electrons. The van der Waals surface area contributed by atoms with Crippen molar-refractivity contribution in [2.75, 3.05) is 0 Å². The number of phenolic OH excluding ortho intramolecular Hbond substituents is 2. The Balaban J connectivity index is 0.000000450. The van der Waals surface area contributed by atoms with E-state index in [-0.39, 0.29) is 21.7 Å². The molecule has 0 bridgehead atoms. The Labute approximate surface area is 280 Å². The van der Waals surface area contributed by atoms with Crippen LogP contribution in [-0.2, 0) is 34.5 Å². The minimum atomic E-state index is -0.0297. The molecule has 258 valence electrons. The molecule has 0 heterocycles. The summed E-state index contributed by atoms with van der Waals surface area (Å²) < 4.78 is 0. The molecular weight excluding hydrogens is 548 g/mol. The van der Waals surface area contributed by atoms with Crippen molar-refractivity contribution in [3.05, 3.63) is 57.6 Å². The van der Waals surface area contributed by atoms with E-state index in [0.29, 0.717) is 11.5 Å². The summed E-state index contributed by atoms with van der Waals surface area (Å²) in [6.45, 7) is 33.0. The first-order valence-electron chi connectivity index (χ1n) is 18.2. The maximum Gasteiger partial charge on any atom is 0.123 e. The van der Waals surface area contributed by atoms with Crippen LogP contribution in [0.1, 0.15) is 195 Å². The molecule has 0 saturated heterocycles. The average molecular weight is 623 g/mol. The van der Waals surface area contributed by atoms with Gasteiger partial charge in [-0.2, -0.15) is 0 Å². The number of benzene rings is 2. The highest BCUT2D eigenvalue weighted by atomic mass is 16.3. The molecule has 0 fully saturated rings. The van der Waals surface area contributed by atoms with Gasteiger partial charge in [-0.05, 0) is 86.6 Å². The molecule has 2 nitrogen and oxygen atoms in total. The molecule has 2 aromatic rings. The van der Waals surface area contributed by atoms with Gasteiger partial charge in [0.05, 0.1) is 0 Å². The molecule has 2 heteroatoms. The molecule has 0 aromatic heterocycles. The van der Waals surface area contributed by atoms with Crippen LogP contribution < -0.4 is 0 Å². The van der Waals surface area contributed by atoms with Crippen LogP contribution in [-0.4, -0.2) is 10.2 Å². The smallest absolute Gasteiger partial charge is 0.123 e. The standard InChI is InChI=1S/C22H38O.C21H36O/c1-8-9-10-11-12-13-14-17-15-18(21(2,3)4)20(23)19(16-17)22(5,6)7;1-15(2)11-9-10-12-16-13-17(20(3,4)5)19(22)18(14-16)21(6,7)8/h15-16,23H,8-14H2,1-7H3;13-15,22H,9-12H2,1-8H3. The quantitative estimate of drug-likeness (QED) is 0.231. The minimum absolute atomic E-state index is 0.0266. The highest BCUT2D eigenvalue weighted by Crippen LogP contribution is 2.41. The number of phenols is 2. The maximum atomic E-state index is 10.8. The van der Waals surface area contributed by atoms with Crippen LogP contribution >= 0.6 is 0 Å². The number of aromatic hydroxyl groups is 2. The van der Waals surface area contributed by atoms with Crippen LogP contribution in [0.15, 0.2) is 24.3 Å². The van der Waals surface area contributed by atoms with Gasteiger partial charge in [0.25, 0.3) is 0 Å². The van der Waals surface area contributed by atoms with Gasteiger partial charge in [0.1, 0.15) is 11.5 Å². The van der Waals surface area contributed by atoms with Gasteiger partial charge >= 0.3 is 0 Å². The molecule has 2 aromatic carbocycles. The molecule has 0 aliphatic rings. The minimum Gasteiger partial charge on any atom is -0.507 e. The van der Waals surface area contributed by atoms with Gasteiger partial charge in [-0.1, -0.05) is 173 Å². The van der Waals surface area contributed by atoms with E-state index < -0.39 is 0 Å². The first-order chi connectivity index (χ1) is 20.5. The zero-order valence-corrected chi connectivity index (χ0v) is 32.6. The summed E-state index contributed by atoms with van der Waals surface area (Å²) in [6, 6.07) is 8.91. The molecule has 2 rings (SSSR count). The van der Waals surface area contributed by atoms with Gasteiger partial charge < -0.3 is 10.2 Å². The summed E-state index contributed by atoms with van der Waals surface area (Å²) in [5.41, 5.74) is 6.98. The summed E-state index contributed by atoms with van der Waals surface area (Å²) in [4.78, 5) is 0. The number of hydrogen-bond donors (Lipinski definition) is 2. The van der Waals surface area contributed by atoms with Crippen LogP contribution in [0.2, 0.25) is 0 Å². The molecular formula is C43H74O2. The predicted octanol–water partition coefficient (Wildman–Crippen LogP) is 13.2. The SMILES string of the molecule is CC(C)CCCCc1cc(C(C)(C)C)c(O)c(C(C)(C)C)c1.CCCCCCCCc1cc(C(C)(C)C)c(O)c(C(C)(C)C)c1. The van der Waals surface area contributed by atoms with Crippen molar-refractivity contribution in [1.82, 2.24) is 0 Å². The number of rotatable bonds is 12. The lowest BCUT2D eigenvalue weighted by atomic mass is 9.78. The van der Waals surface area contributed by atoms with Crippen molar-refractivity contribution in [2.24, 2.45) is 5.92 Å². The Kier molecular flexibility index (Phi) is 15.8. The lowest BCUT2D eigenvalue weighted by molar-refractivity contribution is 0.421. The Hall–Kier alpha value is -1.96. The third kappa shape index (κ3) is 14.1. The van der Waals surface area contributed by atoms with Gasteiger partial charge in [-0.15, -0.1) is 0 Å². The second-order valence-corrected chi connectivity index (χ2v) is 18.2. The Morgan fingerprint density at radius 2 is 0.756 bits per heavy atom. The van der Waals surface area contributed by atoms with E-state index in [1.165, 1.54) is 68.9 Å². The summed E-state index contributed by atoms with van der Waals surface area (Å²) in [6.07, 6.45) is 14.0. The van der Waals surface area contributed by atoms with E-state index >= 15 is 0 Å². The van der Waals surface area contributed by atoms with E-state index in [1.54, 1.807) is 0 Å². The lowest BCUT2D eigenvalue weighted by Gasteiger charge is -2.28. The fourth-order valence-electron chi connectivity index (χ4n) is 5.96. The fraction of sp³-hybridized carbons (Fsp3) is 0.721. The number of aryl methyl sites for hydroxylation is 2. The van der Waals surface area contributed by atoms with Crippen LogP contribution in [0.25, 0.3) is 0 Å². The second-order valence-electron chi connectivity index (χ2n) is 18.2. The molecule has 0 amide bonds. The fourth-order valence-corrected chi connectivity index (χ4v) is 5.96. The first-order valence-corrected chi connectivity index (χ1v) is 18.2. The zero-order valence-electron chi connectivity index (χ0n) is 32.6.